The molecule has 2 aliphatic heterocycles. The van der Waals surface area contributed by atoms with Crippen LogP contribution in [0.3, 0.4) is 0 Å². The minimum Gasteiger partial charge on any atom is -0.493 e. The zero-order chi connectivity index (χ0) is 24.7. The summed E-state index contributed by atoms with van der Waals surface area (Å²) in [6.07, 6.45) is 0.565. The van der Waals surface area contributed by atoms with Crippen molar-refractivity contribution in [1.82, 2.24) is 9.80 Å². The summed E-state index contributed by atoms with van der Waals surface area (Å²) in [6.45, 7) is -0.905. The highest BCUT2D eigenvalue weighted by atomic mass is 19.2. The molecule has 34 heavy (non-hydrogen) atoms. The molecule has 2 aromatic carbocycles. The first-order valence-corrected chi connectivity index (χ1v) is 10.1. The maximum atomic E-state index is 13.8. The van der Waals surface area contributed by atoms with Crippen LogP contribution in [-0.2, 0) is 16.0 Å². The molecule has 0 N–H and O–H groups in total. The Hall–Kier alpha value is -3.57. The number of hydrogen-bond acceptors (Lipinski definition) is 5. The van der Waals surface area contributed by atoms with E-state index in [1.165, 1.54) is 14.2 Å². The number of carbonyl (C=O) groups is 2. The summed E-state index contributed by atoms with van der Waals surface area (Å²) in [5.74, 6) is -12.9. The van der Waals surface area contributed by atoms with E-state index in [4.69, 9.17) is 9.47 Å². The van der Waals surface area contributed by atoms with Gasteiger partial charge in [-0.15, -0.1) is 0 Å². The number of benzene rings is 2. The lowest BCUT2D eigenvalue weighted by Gasteiger charge is -2.44. The molecule has 2 aromatic rings. The van der Waals surface area contributed by atoms with E-state index in [-0.39, 0.29) is 19.0 Å². The Bertz CT molecular complexity index is 1150. The summed E-state index contributed by atoms with van der Waals surface area (Å²) in [4.78, 5) is 28.1. The summed E-state index contributed by atoms with van der Waals surface area (Å²) in [5.41, 5.74) is 1.65. The molecule has 0 spiro atoms. The van der Waals surface area contributed by atoms with Gasteiger partial charge in [0.1, 0.15) is 0 Å². The molecule has 12 heteroatoms. The quantitative estimate of drug-likeness (QED) is 0.370. The molecule has 0 radical (unpaired) electrons. The number of rotatable bonds is 5. The Labute approximate surface area is 190 Å². The molecule has 1 atom stereocenters. The molecule has 4 rings (SSSR count). The van der Waals surface area contributed by atoms with E-state index in [2.05, 4.69) is 4.74 Å². The first-order chi connectivity index (χ1) is 16.2. The van der Waals surface area contributed by atoms with Crippen molar-refractivity contribution < 1.29 is 45.8 Å². The molecule has 7 nitrogen and oxygen atoms in total. The van der Waals surface area contributed by atoms with Crippen LogP contribution in [0.25, 0.3) is 0 Å². The highest BCUT2D eigenvalue weighted by Crippen LogP contribution is 2.39. The van der Waals surface area contributed by atoms with E-state index in [0.717, 1.165) is 16.0 Å². The summed E-state index contributed by atoms with van der Waals surface area (Å²) in [6, 6.07) is 2.99. The van der Waals surface area contributed by atoms with E-state index in [9.17, 15) is 31.5 Å². The Morgan fingerprint density at radius 3 is 2.18 bits per heavy atom. The van der Waals surface area contributed by atoms with Gasteiger partial charge in [0, 0.05) is 13.1 Å². The minimum absolute atomic E-state index is 0.0352. The van der Waals surface area contributed by atoms with Crippen molar-refractivity contribution in [3.05, 3.63) is 52.3 Å². The van der Waals surface area contributed by atoms with Crippen molar-refractivity contribution >= 4 is 11.8 Å². The first-order valence-electron chi connectivity index (χ1n) is 10.1. The highest BCUT2D eigenvalue weighted by molar-refractivity contribution is 5.87. The lowest BCUT2D eigenvalue weighted by Crippen LogP contribution is -2.56. The Morgan fingerprint density at radius 2 is 1.56 bits per heavy atom. The molecule has 0 aliphatic carbocycles. The zero-order valence-corrected chi connectivity index (χ0v) is 18.1. The van der Waals surface area contributed by atoms with Gasteiger partial charge >= 0.3 is 0 Å². The molecule has 2 amide bonds. The van der Waals surface area contributed by atoms with E-state index in [0.29, 0.717) is 24.5 Å². The number of fused-ring (bicyclic) bond motifs is 3. The number of ether oxygens (including phenoxy) is 3. The van der Waals surface area contributed by atoms with E-state index in [1.807, 2.05) is 0 Å². The highest BCUT2D eigenvalue weighted by Gasteiger charge is 2.39. The van der Waals surface area contributed by atoms with Gasteiger partial charge in [0.25, 0.3) is 5.91 Å². The lowest BCUT2D eigenvalue weighted by molar-refractivity contribution is -0.150. The second kappa shape index (κ2) is 8.99. The molecule has 2 aliphatic rings. The number of hydrogen-bond donors (Lipinski definition) is 0. The molecule has 0 aromatic heterocycles. The molecule has 1 saturated heterocycles. The number of carbonyl (C=O) groups excluding carboxylic acids is 2. The van der Waals surface area contributed by atoms with Gasteiger partial charge in [-0.3, -0.25) is 9.59 Å². The topological polar surface area (TPSA) is 68.3 Å². The van der Waals surface area contributed by atoms with Gasteiger partial charge in [0.2, 0.25) is 35.0 Å². The number of piperazine rings is 1. The van der Waals surface area contributed by atoms with Crippen LogP contribution in [0.4, 0.5) is 22.0 Å². The van der Waals surface area contributed by atoms with Gasteiger partial charge in [-0.05, 0) is 29.7 Å². The maximum Gasteiger partial charge on any atom is 0.261 e. The summed E-state index contributed by atoms with van der Waals surface area (Å²) < 4.78 is 82.9. The average molecular weight is 486 g/mol. The first kappa shape index (κ1) is 23.6. The maximum absolute atomic E-state index is 13.8. The fourth-order valence-electron chi connectivity index (χ4n) is 4.18. The molecule has 1 fully saturated rings. The smallest absolute Gasteiger partial charge is 0.261 e. The largest absolute Gasteiger partial charge is 0.493 e. The van der Waals surface area contributed by atoms with Gasteiger partial charge in [-0.2, -0.15) is 8.78 Å². The number of nitrogens with zero attached hydrogens (tertiary/aromatic N) is 2. The van der Waals surface area contributed by atoms with Gasteiger partial charge < -0.3 is 24.0 Å². The van der Waals surface area contributed by atoms with Crippen molar-refractivity contribution in [3.8, 4) is 17.2 Å². The van der Waals surface area contributed by atoms with E-state index < -0.39 is 53.4 Å². The molecule has 0 saturated carbocycles. The predicted octanol–water partition coefficient (Wildman–Crippen LogP) is 2.75. The van der Waals surface area contributed by atoms with Crippen LogP contribution in [0.5, 0.6) is 17.2 Å². The number of halogens is 5. The fourth-order valence-corrected chi connectivity index (χ4v) is 4.18. The van der Waals surface area contributed by atoms with Crippen molar-refractivity contribution in [3.63, 3.8) is 0 Å². The Morgan fingerprint density at radius 1 is 0.971 bits per heavy atom. The van der Waals surface area contributed by atoms with Crippen LogP contribution in [0.15, 0.2) is 12.1 Å². The van der Waals surface area contributed by atoms with Crippen LogP contribution in [-0.4, -0.2) is 62.1 Å². The van der Waals surface area contributed by atoms with E-state index in [1.54, 1.807) is 17.0 Å². The normalized spacial score (nSPS) is 17.3. The zero-order valence-electron chi connectivity index (χ0n) is 18.1. The second-order valence-electron chi connectivity index (χ2n) is 7.72. The monoisotopic (exact) mass is 486 g/mol. The third-order valence-electron chi connectivity index (χ3n) is 5.90. The molecular formula is C22H19F5N2O5. The third-order valence-corrected chi connectivity index (χ3v) is 5.90. The molecular weight excluding hydrogens is 467 g/mol. The minimum atomic E-state index is -2.33. The van der Waals surface area contributed by atoms with Gasteiger partial charge in [-0.1, -0.05) is 0 Å². The summed E-state index contributed by atoms with van der Waals surface area (Å²) in [5, 5.41) is 0. The summed E-state index contributed by atoms with van der Waals surface area (Å²) >= 11 is 0. The summed E-state index contributed by atoms with van der Waals surface area (Å²) in [7, 11) is 2.96. The second-order valence-corrected chi connectivity index (χ2v) is 7.72. The average Bonchev–Trinajstić information content (AvgIpc) is 2.84. The van der Waals surface area contributed by atoms with Gasteiger partial charge in [-0.25, -0.2) is 13.2 Å². The van der Waals surface area contributed by atoms with Gasteiger partial charge in [0.05, 0.1) is 26.8 Å². The van der Waals surface area contributed by atoms with Crippen molar-refractivity contribution in [2.45, 2.75) is 12.5 Å². The van der Waals surface area contributed by atoms with Crippen LogP contribution in [0, 0.1) is 29.1 Å². The van der Waals surface area contributed by atoms with Crippen LogP contribution >= 0.6 is 0 Å². The van der Waals surface area contributed by atoms with Gasteiger partial charge in [0.15, 0.2) is 23.9 Å². The fraction of sp³-hybridized carbons (Fsp3) is 0.364. The Kier molecular flexibility index (Phi) is 6.24. The SMILES string of the molecule is COc1cc2c(cc1OC)C1CN(C(=O)COc3c(F)c(F)c(F)c(F)c3F)CC(=O)N1CC2. The van der Waals surface area contributed by atoms with E-state index >= 15 is 0 Å². The molecule has 1 unspecified atom stereocenters. The molecule has 182 valence electrons. The van der Waals surface area contributed by atoms with Crippen molar-refractivity contribution in [2.75, 3.05) is 40.5 Å². The standard InChI is InChI=1S/C22H19F5N2O5/c1-32-13-5-10-3-4-29-12(11(10)6-14(13)33-2)7-28(8-15(29)30)16(31)9-34-22-20(26)18(24)17(23)19(25)21(22)27/h5-6,12H,3-4,7-9H2,1-2H3. The molecule has 0 bridgehead atoms. The number of methoxy groups -OCH3 is 2. The third kappa shape index (κ3) is 3.86. The Balaban J connectivity index is 1.55. The predicted molar refractivity (Wildman–Crippen MR) is 106 cm³/mol. The van der Waals surface area contributed by atoms with Crippen molar-refractivity contribution in [1.29, 1.82) is 0 Å². The van der Waals surface area contributed by atoms with Crippen molar-refractivity contribution in [2.24, 2.45) is 0 Å². The van der Waals surface area contributed by atoms with Crippen LogP contribution < -0.4 is 14.2 Å². The van der Waals surface area contributed by atoms with Crippen LogP contribution in [0.1, 0.15) is 17.2 Å². The lowest BCUT2D eigenvalue weighted by atomic mass is 9.90. The number of amides is 2. The molecule has 2 heterocycles. The van der Waals surface area contributed by atoms with Crippen LogP contribution in [0.2, 0.25) is 0 Å².